The number of nitrogens with one attached hydrogen (secondary N) is 1. The number of piperidine rings is 1. The van der Waals surface area contributed by atoms with E-state index in [1.165, 1.54) is 24.2 Å². The first-order chi connectivity index (χ1) is 12.7. The molecule has 0 aliphatic carbocycles. The summed E-state index contributed by atoms with van der Waals surface area (Å²) in [5, 5.41) is 7.00. The minimum Gasteiger partial charge on any atom is -0.467 e. The van der Waals surface area contributed by atoms with Gasteiger partial charge in [-0.1, -0.05) is 23.7 Å². The van der Waals surface area contributed by atoms with E-state index in [9.17, 15) is 4.79 Å². The van der Waals surface area contributed by atoms with Crippen LogP contribution in [0.3, 0.4) is 0 Å². The van der Waals surface area contributed by atoms with E-state index in [2.05, 4.69) is 5.10 Å². The van der Waals surface area contributed by atoms with Gasteiger partial charge in [0.05, 0.1) is 25.1 Å². The van der Waals surface area contributed by atoms with Gasteiger partial charge in [0.25, 0.3) is 5.91 Å². The summed E-state index contributed by atoms with van der Waals surface area (Å²) in [4.78, 5) is 14.3. The van der Waals surface area contributed by atoms with Crippen molar-refractivity contribution >= 4 is 23.2 Å². The molecule has 0 bridgehead atoms. The first kappa shape index (κ1) is 17.3. The van der Waals surface area contributed by atoms with Gasteiger partial charge in [0, 0.05) is 11.4 Å². The summed E-state index contributed by atoms with van der Waals surface area (Å²) in [7, 11) is 0. The van der Waals surface area contributed by atoms with Gasteiger partial charge in [-0.25, -0.2) is 5.01 Å². The van der Waals surface area contributed by atoms with Crippen molar-refractivity contribution < 1.29 is 14.1 Å². The Hall–Kier alpha value is -2.11. The van der Waals surface area contributed by atoms with Crippen LogP contribution in [-0.2, 0) is 4.79 Å². The molecule has 0 spiro atoms. The molecule has 3 heterocycles. The largest absolute Gasteiger partial charge is 0.467 e. The van der Waals surface area contributed by atoms with Crippen LogP contribution in [0, 0.1) is 0 Å². The summed E-state index contributed by atoms with van der Waals surface area (Å²) in [6, 6.07) is 11.2. The molecule has 2 aliphatic heterocycles. The number of rotatable bonds is 4. The standard InChI is InChI=1S/C20H22ClN3O2/c21-16-8-6-15(7-9-16)17-13-18(19-5-4-12-26-19)24(22-17)20(25)14-23-10-2-1-3-11-23/h4-9,12,18H,1-3,10-11,13-14H2/p+1/t18-/m0/s1. The number of amides is 1. The van der Waals surface area contributed by atoms with Crippen LogP contribution in [0.4, 0.5) is 0 Å². The third-order valence-electron chi connectivity index (χ3n) is 5.18. The van der Waals surface area contributed by atoms with E-state index in [4.69, 9.17) is 16.0 Å². The summed E-state index contributed by atoms with van der Waals surface area (Å²) in [6.45, 7) is 2.63. The maximum atomic E-state index is 13.0. The van der Waals surface area contributed by atoms with Gasteiger partial charge < -0.3 is 9.32 Å². The highest BCUT2D eigenvalue weighted by Crippen LogP contribution is 2.33. The van der Waals surface area contributed by atoms with Gasteiger partial charge in [-0.15, -0.1) is 0 Å². The quantitative estimate of drug-likeness (QED) is 0.897. The van der Waals surface area contributed by atoms with Crippen LogP contribution in [-0.4, -0.2) is 36.3 Å². The van der Waals surface area contributed by atoms with Gasteiger partial charge in [0.1, 0.15) is 11.8 Å². The monoisotopic (exact) mass is 372 g/mol. The van der Waals surface area contributed by atoms with Crippen molar-refractivity contribution in [3.8, 4) is 0 Å². The van der Waals surface area contributed by atoms with Crippen LogP contribution in [0.1, 0.15) is 43.0 Å². The molecule has 1 aromatic heterocycles. The first-order valence-corrected chi connectivity index (χ1v) is 9.61. The number of hydrazone groups is 1. The summed E-state index contributed by atoms with van der Waals surface area (Å²) in [5.74, 6) is 0.840. The molecule has 0 unspecified atom stereocenters. The number of carbonyl (C=O) groups excluding carboxylic acids is 1. The van der Waals surface area contributed by atoms with Crippen LogP contribution in [0.25, 0.3) is 0 Å². The van der Waals surface area contributed by atoms with Gasteiger partial charge in [-0.3, -0.25) is 4.79 Å². The number of halogens is 1. The third kappa shape index (κ3) is 3.69. The fourth-order valence-electron chi connectivity index (χ4n) is 3.78. The molecule has 5 nitrogen and oxygen atoms in total. The number of nitrogens with zero attached hydrogens (tertiary/aromatic N) is 2. The number of likely N-dealkylation sites (tertiary alicyclic amines) is 1. The first-order valence-electron chi connectivity index (χ1n) is 9.23. The van der Waals surface area contributed by atoms with Crippen molar-refractivity contribution in [3.63, 3.8) is 0 Å². The lowest BCUT2D eigenvalue weighted by Crippen LogP contribution is -3.13. The Balaban J connectivity index is 1.56. The maximum absolute atomic E-state index is 13.0. The summed E-state index contributed by atoms with van der Waals surface area (Å²) in [6.07, 6.45) is 5.96. The van der Waals surface area contributed by atoms with Crippen molar-refractivity contribution in [1.82, 2.24) is 5.01 Å². The second-order valence-electron chi connectivity index (χ2n) is 7.01. The van der Waals surface area contributed by atoms with E-state index in [1.54, 1.807) is 11.3 Å². The van der Waals surface area contributed by atoms with Crippen molar-refractivity contribution in [2.24, 2.45) is 5.10 Å². The fourth-order valence-corrected chi connectivity index (χ4v) is 3.91. The van der Waals surface area contributed by atoms with Gasteiger partial charge in [-0.05, 0) is 49.1 Å². The van der Waals surface area contributed by atoms with Crippen molar-refractivity contribution in [2.75, 3.05) is 19.6 Å². The molecule has 2 aromatic rings. The molecular formula is C20H23ClN3O2+. The van der Waals surface area contributed by atoms with Gasteiger partial charge in [-0.2, -0.15) is 5.10 Å². The molecule has 1 atom stereocenters. The molecule has 1 amide bonds. The molecule has 0 radical (unpaired) electrons. The third-order valence-corrected chi connectivity index (χ3v) is 5.43. The molecule has 136 valence electrons. The zero-order valence-corrected chi connectivity index (χ0v) is 15.4. The number of benzene rings is 1. The Labute approximate surface area is 158 Å². The number of furan rings is 1. The molecule has 1 aromatic carbocycles. The molecule has 26 heavy (non-hydrogen) atoms. The topological polar surface area (TPSA) is 50.2 Å². The van der Waals surface area contributed by atoms with Crippen molar-refractivity contribution in [1.29, 1.82) is 0 Å². The Kier molecular flexibility index (Phi) is 5.09. The van der Waals surface area contributed by atoms with Gasteiger partial charge >= 0.3 is 0 Å². The Morgan fingerprint density at radius 3 is 2.65 bits per heavy atom. The van der Waals surface area contributed by atoms with Crippen LogP contribution < -0.4 is 4.90 Å². The van der Waals surface area contributed by atoms with Crippen LogP contribution in [0.5, 0.6) is 0 Å². The molecule has 0 saturated carbocycles. The normalized spacial score (nSPS) is 21.0. The lowest BCUT2D eigenvalue weighted by atomic mass is 10.0. The highest BCUT2D eigenvalue weighted by molar-refractivity contribution is 6.30. The van der Waals surface area contributed by atoms with Crippen molar-refractivity contribution in [3.05, 3.63) is 59.0 Å². The Morgan fingerprint density at radius 2 is 1.96 bits per heavy atom. The predicted molar refractivity (Wildman–Crippen MR) is 100 cm³/mol. The minimum atomic E-state index is -0.174. The molecule has 1 N–H and O–H groups in total. The highest BCUT2D eigenvalue weighted by Gasteiger charge is 2.36. The predicted octanol–water partition coefficient (Wildman–Crippen LogP) is 2.68. The van der Waals surface area contributed by atoms with E-state index in [1.807, 2.05) is 36.4 Å². The van der Waals surface area contributed by atoms with Crippen LogP contribution >= 0.6 is 11.6 Å². The lowest BCUT2D eigenvalue weighted by molar-refractivity contribution is -0.897. The van der Waals surface area contributed by atoms with Crippen LogP contribution in [0.2, 0.25) is 5.02 Å². The zero-order chi connectivity index (χ0) is 17.9. The van der Waals surface area contributed by atoms with Crippen molar-refractivity contribution in [2.45, 2.75) is 31.7 Å². The van der Waals surface area contributed by atoms with Gasteiger partial charge in [0.15, 0.2) is 6.54 Å². The summed E-state index contributed by atoms with van der Waals surface area (Å²) in [5.41, 5.74) is 1.89. The van der Waals surface area contributed by atoms with E-state index >= 15 is 0 Å². The minimum absolute atomic E-state index is 0.0623. The van der Waals surface area contributed by atoms with Gasteiger partial charge in [0.2, 0.25) is 0 Å². The summed E-state index contributed by atoms with van der Waals surface area (Å²) >= 11 is 5.99. The fraction of sp³-hybridized carbons (Fsp3) is 0.400. The molecule has 1 saturated heterocycles. The van der Waals surface area contributed by atoms with E-state index in [-0.39, 0.29) is 11.9 Å². The molecule has 6 heteroatoms. The second-order valence-corrected chi connectivity index (χ2v) is 7.45. The average Bonchev–Trinajstić information content (AvgIpc) is 3.33. The number of carbonyl (C=O) groups is 1. The molecule has 4 rings (SSSR count). The number of hydrogen-bond acceptors (Lipinski definition) is 3. The lowest BCUT2D eigenvalue weighted by Gasteiger charge is -2.26. The van der Waals surface area contributed by atoms with E-state index in [0.717, 1.165) is 30.1 Å². The van der Waals surface area contributed by atoms with E-state index < -0.39 is 0 Å². The second kappa shape index (κ2) is 7.64. The molecular weight excluding hydrogens is 350 g/mol. The number of hydrogen-bond donors (Lipinski definition) is 1. The Morgan fingerprint density at radius 1 is 1.19 bits per heavy atom. The maximum Gasteiger partial charge on any atom is 0.298 e. The number of quaternary nitrogens is 1. The smallest absolute Gasteiger partial charge is 0.298 e. The molecule has 1 fully saturated rings. The molecule has 2 aliphatic rings. The SMILES string of the molecule is O=C(C[NH+]1CCCCC1)N1N=C(c2ccc(Cl)cc2)C[C@H]1c1ccco1. The van der Waals surface area contributed by atoms with Crippen LogP contribution in [0.15, 0.2) is 52.2 Å². The zero-order valence-electron chi connectivity index (χ0n) is 14.7. The Bertz CT molecular complexity index is 780. The average molecular weight is 373 g/mol. The van der Waals surface area contributed by atoms with E-state index in [0.29, 0.717) is 18.0 Å². The summed E-state index contributed by atoms with van der Waals surface area (Å²) < 4.78 is 5.60. The highest BCUT2D eigenvalue weighted by atomic mass is 35.5.